The van der Waals surface area contributed by atoms with Gasteiger partial charge in [-0.3, -0.25) is 67.1 Å². The number of hydrogen-bond acceptors (Lipinski definition) is 32. The van der Waals surface area contributed by atoms with E-state index in [4.69, 9.17) is 75.8 Å². The van der Waals surface area contributed by atoms with Crippen LogP contribution in [0.2, 0.25) is 0 Å². The summed E-state index contributed by atoms with van der Waals surface area (Å²) in [5.41, 5.74) is -4.41. The Labute approximate surface area is 917 Å². The molecule has 0 aromatic rings. The Bertz CT molecular complexity index is 3170. The van der Waals surface area contributed by atoms with Crippen LogP contribution in [0.25, 0.3) is 0 Å². The van der Waals surface area contributed by atoms with Crippen molar-refractivity contribution in [3.05, 3.63) is 0 Å². The lowest BCUT2D eigenvalue weighted by atomic mass is 9.84. The summed E-state index contributed by atoms with van der Waals surface area (Å²) in [5.74, 6) is 0.190. The van der Waals surface area contributed by atoms with Crippen molar-refractivity contribution in [2.75, 3.05) is 181 Å². The van der Waals surface area contributed by atoms with Crippen LogP contribution in [0, 0.1) is 87.6 Å². The summed E-state index contributed by atoms with van der Waals surface area (Å²) in [4.78, 5) is 156. The summed E-state index contributed by atoms with van der Waals surface area (Å²) >= 11 is 0. The molecule has 3 unspecified atom stereocenters. The Morgan fingerprint density at radius 3 is 0.580 bits per heavy atom. The van der Waals surface area contributed by atoms with Crippen LogP contribution in [0.4, 0.5) is 0 Å². The molecule has 32 nitrogen and oxygen atoms in total. The molecule has 150 heavy (non-hydrogen) atoms. The summed E-state index contributed by atoms with van der Waals surface area (Å²) in [5, 5.41) is 0. The standard InChI is InChI=1S/C11H22O3.C11H22O2.2C10H20O3.C10H20O2.C9H18O3.3C8H16O2.3C7H14O2.2C6H12O2/c1-9(8-14-7-6-13-5)10(12)11(2,3)4;1-6-7-13-8-9(2)10(12)11(3,4)5;1-8(13-7-6-12-5)9(11)10(2,3)4;1-10(2,3)9(11)5-6-13-8-7-12-4;1-5-7-12-8-6-9(11)10(2,3)4;1-9(2,3)8(10)7-12-6-5-11-4;3*1-5-6-10-7(9)8(2,3)4;3*1-5-9-6(8)7(2,3)4;2*1-6(2,3)5(7)8-4/h9H,6-8H2,1-5H3;9H,6-8H2,1-5H3;8H,6-7H2,1-5H3;5-8H2,1-4H3;5-8H2,1-4H3;5-7H2,1-4H3;3*5-6H2,1-4H3;3*5H2,1-4H3;2*1-4H3. The molecule has 0 saturated carbocycles. The first-order valence-electron chi connectivity index (χ1n) is 53.4. The molecule has 0 bridgehead atoms. The number of ether oxygens (including phenoxy) is 18. The molecule has 900 valence electrons. The van der Waals surface area contributed by atoms with Gasteiger partial charge in [-0.05, 0) is 226 Å². The summed E-state index contributed by atoms with van der Waals surface area (Å²) in [7, 11) is 9.27. The molecule has 0 rings (SSSR count). The molecular formula is C118H236O32. The lowest BCUT2D eigenvalue weighted by molar-refractivity contribution is -0.153. The molecule has 0 aromatic heterocycles. The molecule has 0 N–H and O–H groups in total. The predicted molar refractivity (Wildman–Crippen MR) is 605 cm³/mol. The van der Waals surface area contributed by atoms with Crippen LogP contribution < -0.4 is 0 Å². The maximum Gasteiger partial charge on any atom is 0.311 e. The second-order valence-corrected chi connectivity index (χ2v) is 49.6. The van der Waals surface area contributed by atoms with Crippen molar-refractivity contribution in [1.29, 1.82) is 0 Å². The van der Waals surface area contributed by atoms with E-state index in [1.807, 2.05) is 346 Å². The fourth-order valence-corrected chi connectivity index (χ4v) is 8.41. The Balaban J connectivity index is -0.000000111. The van der Waals surface area contributed by atoms with Crippen LogP contribution >= 0.6 is 0 Å². The highest BCUT2D eigenvalue weighted by atomic mass is 16.6. The van der Waals surface area contributed by atoms with Crippen molar-refractivity contribution in [2.45, 2.75) is 418 Å². The molecule has 0 fully saturated rings. The van der Waals surface area contributed by atoms with Gasteiger partial charge in [0.2, 0.25) is 0 Å². The quantitative estimate of drug-likeness (QED) is 0.0312. The third-order valence-corrected chi connectivity index (χ3v) is 18.0. The number of hydrogen-bond donors (Lipinski definition) is 0. The molecule has 0 amide bonds. The zero-order chi connectivity index (χ0) is 122. The van der Waals surface area contributed by atoms with Gasteiger partial charge in [-0.2, -0.15) is 0 Å². The highest BCUT2D eigenvalue weighted by Crippen LogP contribution is 2.26. The largest absolute Gasteiger partial charge is 0.469 e. The first kappa shape index (κ1) is 174. The van der Waals surface area contributed by atoms with Crippen LogP contribution in [-0.4, -0.2) is 270 Å². The molecule has 0 aliphatic carbocycles. The number of methoxy groups -OCH3 is 6. The van der Waals surface area contributed by atoms with Gasteiger partial charge in [0.1, 0.15) is 35.8 Å². The highest BCUT2D eigenvalue weighted by Gasteiger charge is 2.33. The number of carbonyl (C=O) groups excluding carboxylic acids is 14. The van der Waals surface area contributed by atoms with Crippen molar-refractivity contribution in [3.8, 4) is 0 Å². The van der Waals surface area contributed by atoms with Gasteiger partial charge in [-0.25, -0.2) is 0 Å². The van der Waals surface area contributed by atoms with Gasteiger partial charge < -0.3 is 85.3 Å². The first-order chi connectivity index (χ1) is 67.5. The van der Waals surface area contributed by atoms with E-state index in [2.05, 4.69) is 23.3 Å². The molecule has 0 saturated heterocycles. The van der Waals surface area contributed by atoms with Gasteiger partial charge in [0.25, 0.3) is 0 Å². The molecule has 0 aromatic carbocycles. The topological polar surface area (TPSA) is 405 Å². The van der Waals surface area contributed by atoms with E-state index in [9.17, 15) is 67.1 Å². The number of esters is 8. The van der Waals surface area contributed by atoms with E-state index >= 15 is 0 Å². The third-order valence-electron chi connectivity index (χ3n) is 18.0. The van der Waals surface area contributed by atoms with E-state index in [0.717, 1.165) is 45.3 Å². The zero-order valence-electron chi connectivity index (χ0n) is 108. The fourth-order valence-electron chi connectivity index (χ4n) is 8.41. The van der Waals surface area contributed by atoms with Gasteiger partial charge in [0.15, 0.2) is 11.6 Å². The van der Waals surface area contributed by atoms with Crippen LogP contribution in [0.3, 0.4) is 0 Å². The van der Waals surface area contributed by atoms with Crippen molar-refractivity contribution in [3.63, 3.8) is 0 Å². The summed E-state index contributed by atoms with van der Waals surface area (Å²) in [6.07, 6.45) is 5.40. The van der Waals surface area contributed by atoms with Gasteiger partial charge >= 0.3 is 47.8 Å². The minimum Gasteiger partial charge on any atom is -0.469 e. The highest BCUT2D eigenvalue weighted by molar-refractivity contribution is 5.88. The van der Waals surface area contributed by atoms with E-state index in [1.54, 1.807) is 35.4 Å². The molecule has 0 aliphatic heterocycles. The number of Topliss-reactive ketones (excluding diaryl/α,β-unsaturated/α-hetero) is 6. The SMILES string of the molecule is CCCOC(=O)C(C)(C)C.CCCOC(=O)C(C)(C)C.CCCOC(=O)C(C)(C)C.CCCOCC(C)C(=O)C(C)(C)C.CCCOCCC(=O)C(C)(C)C.CCOC(=O)C(C)(C)C.CCOC(=O)C(C)(C)C.CCOC(=O)C(C)(C)C.COC(=O)C(C)(C)C.COC(=O)C(C)(C)C.COCCOC(C)C(=O)C(C)(C)C.COCCOCC(=O)C(C)(C)C.COCCOCC(C)C(=O)C(C)(C)C.COCCOCCC(=O)C(C)(C)C. The fraction of sp³-hybridized carbons (Fsp3) is 0.881. The van der Waals surface area contributed by atoms with E-state index < -0.39 is 0 Å². The monoisotopic (exact) mass is 2170 g/mol. The van der Waals surface area contributed by atoms with E-state index in [0.29, 0.717) is 132 Å². The lowest BCUT2D eigenvalue weighted by Gasteiger charge is -2.21. The maximum atomic E-state index is 11.7. The number of carbonyl (C=O) groups is 14. The summed E-state index contributed by atoms with van der Waals surface area (Å²) in [6, 6.07) is 0. The van der Waals surface area contributed by atoms with Crippen LogP contribution in [0.5, 0.6) is 0 Å². The van der Waals surface area contributed by atoms with Crippen molar-refractivity contribution in [2.24, 2.45) is 87.6 Å². The molecule has 0 aliphatic rings. The first-order valence-corrected chi connectivity index (χ1v) is 53.4. The molecule has 0 heterocycles. The van der Waals surface area contributed by atoms with E-state index in [-0.39, 0.29) is 183 Å². The smallest absolute Gasteiger partial charge is 0.311 e. The average molecular weight is 2170 g/mol. The zero-order valence-corrected chi connectivity index (χ0v) is 108. The lowest BCUT2D eigenvalue weighted by Crippen LogP contribution is -2.33. The molecule has 32 heteroatoms. The molecule has 3 atom stereocenters. The van der Waals surface area contributed by atoms with E-state index in [1.165, 1.54) is 14.2 Å². The molecule has 0 radical (unpaired) electrons. The predicted octanol–water partition coefficient (Wildman–Crippen LogP) is 24.7. The summed E-state index contributed by atoms with van der Waals surface area (Å²) < 4.78 is 88.7. The van der Waals surface area contributed by atoms with Gasteiger partial charge in [-0.15, -0.1) is 0 Å². The normalized spacial score (nSPS) is 12.1. The third kappa shape index (κ3) is 125. The minimum atomic E-state index is -0.352. The minimum absolute atomic E-state index is 0.0200. The van der Waals surface area contributed by atoms with Crippen LogP contribution in [0.15, 0.2) is 0 Å². The van der Waals surface area contributed by atoms with Crippen LogP contribution in [0.1, 0.15) is 412 Å². The summed E-state index contributed by atoms with van der Waals surface area (Å²) in [6.45, 7) is 111. The Hall–Kier alpha value is -6.62. The Morgan fingerprint density at radius 2 is 0.393 bits per heavy atom. The van der Waals surface area contributed by atoms with Gasteiger partial charge in [0.05, 0.1) is 176 Å². The van der Waals surface area contributed by atoms with Crippen LogP contribution in [-0.2, 0) is 152 Å². The van der Waals surface area contributed by atoms with Gasteiger partial charge in [0, 0.05) is 98.8 Å². The second kappa shape index (κ2) is 93.6. The maximum absolute atomic E-state index is 11.7. The van der Waals surface area contributed by atoms with Gasteiger partial charge in [-0.1, -0.05) is 173 Å². The Morgan fingerprint density at radius 1 is 0.193 bits per heavy atom. The molecule has 0 spiro atoms. The number of ketones is 6. The van der Waals surface area contributed by atoms with Crippen molar-refractivity contribution >= 4 is 82.5 Å². The number of rotatable bonds is 41. The Kier molecular flexibility index (Phi) is 108. The second-order valence-electron chi connectivity index (χ2n) is 49.6. The van der Waals surface area contributed by atoms with Crippen molar-refractivity contribution in [1.82, 2.24) is 0 Å². The molecular weight excluding hydrogens is 1930 g/mol. The van der Waals surface area contributed by atoms with Crippen molar-refractivity contribution < 1.29 is 152 Å². The average Bonchev–Trinajstić information content (AvgIpc) is 0.885.